The fourth-order valence-electron chi connectivity index (χ4n) is 11.1. The van der Waals surface area contributed by atoms with E-state index in [1.54, 1.807) is 0 Å². The minimum atomic E-state index is -4.97. The van der Waals surface area contributed by atoms with Gasteiger partial charge in [0.2, 0.25) is 0 Å². The summed E-state index contributed by atoms with van der Waals surface area (Å²) in [4.78, 5) is 72.9. The quantitative estimate of drug-likeness (QED) is 0.0169. The molecule has 0 fully saturated rings. The molecule has 5 atom stereocenters. The summed E-state index contributed by atoms with van der Waals surface area (Å²) in [5.41, 5.74) is 0. The van der Waals surface area contributed by atoms with Crippen LogP contribution in [0.25, 0.3) is 0 Å². The van der Waals surface area contributed by atoms with E-state index in [-0.39, 0.29) is 25.7 Å². The standard InChI is InChI=1S/C79H146O17P2/c1-5-9-13-17-21-25-29-33-36-40-43-47-51-55-59-63-76(81)89-69-74(95-78(83)65-61-57-53-49-45-39-32-28-24-20-16-12-8-4)71-93-97(85,86)91-67-73(80)68-92-98(87,88)94-72-75(96-79(84)66-62-58-54-50-46-42-38-35-31-27-23-19-15-11-7-3)70-90-77(82)64-60-56-52-48-44-41-37-34-30-26-22-18-14-10-6-2/h22,25-26,29,34-35,37-38,73-75,80H,5-21,23-24,27-28,30-33,36,39-72H2,1-4H3,(H,85,86)(H,87,88). The van der Waals surface area contributed by atoms with Gasteiger partial charge in [-0.3, -0.25) is 37.3 Å². The van der Waals surface area contributed by atoms with Gasteiger partial charge in [0.1, 0.15) is 19.3 Å². The van der Waals surface area contributed by atoms with E-state index in [4.69, 9.17) is 37.0 Å². The van der Waals surface area contributed by atoms with Crippen molar-refractivity contribution in [3.05, 3.63) is 48.6 Å². The molecule has 17 nitrogen and oxygen atoms in total. The number of unbranched alkanes of at least 4 members (excludes halogenated alkanes) is 42. The lowest BCUT2D eigenvalue weighted by atomic mass is 10.0. The molecule has 0 spiro atoms. The summed E-state index contributed by atoms with van der Waals surface area (Å²) >= 11 is 0. The largest absolute Gasteiger partial charge is 0.472 e. The van der Waals surface area contributed by atoms with Gasteiger partial charge < -0.3 is 33.8 Å². The predicted octanol–water partition coefficient (Wildman–Crippen LogP) is 22.9. The predicted molar refractivity (Wildman–Crippen MR) is 400 cm³/mol. The first kappa shape index (κ1) is 95.0. The highest BCUT2D eigenvalue weighted by atomic mass is 31.2. The van der Waals surface area contributed by atoms with E-state index < -0.39 is 97.5 Å². The first-order valence-electron chi connectivity index (χ1n) is 39.9. The summed E-state index contributed by atoms with van der Waals surface area (Å²) in [5, 5.41) is 10.6. The Balaban J connectivity index is 5.32. The normalized spacial score (nSPS) is 14.2. The summed E-state index contributed by atoms with van der Waals surface area (Å²) in [6, 6.07) is 0. The zero-order chi connectivity index (χ0) is 71.8. The Kier molecular flexibility index (Phi) is 70.2. The first-order chi connectivity index (χ1) is 47.7. The molecule has 0 bridgehead atoms. The van der Waals surface area contributed by atoms with Gasteiger partial charge in [-0.25, -0.2) is 9.13 Å². The maximum atomic E-state index is 13.1. The zero-order valence-corrected chi connectivity index (χ0v) is 64.5. The molecule has 0 aliphatic rings. The number of esters is 4. The van der Waals surface area contributed by atoms with E-state index in [2.05, 4.69) is 76.3 Å². The molecule has 98 heavy (non-hydrogen) atoms. The van der Waals surface area contributed by atoms with Crippen molar-refractivity contribution >= 4 is 39.5 Å². The minimum Gasteiger partial charge on any atom is -0.462 e. The molecule has 0 aromatic carbocycles. The average Bonchev–Trinajstić information content (AvgIpc) is 1.04. The van der Waals surface area contributed by atoms with Crippen LogP contribution in [0.1, 0.15) is 374 Å². The van der Waals surface area contributed by atoms with E-state index >= 15 is 0 Å². The summed E-state index contributed by atoms with van der Waals surface area (Å²) in [7, 11) is -9.94. The fraction of sp³-hybridized carbons (Fsp3) is 0.848. The second-order valence-electron chi connectivity index (χ2n) is 27.0. The van der Waals surface area contributed by atoms with Crippen molar-refractivity contribution in [2.75, 3.05) is 39.6 Å². The smallest absolute Gasteiger partial charge is 0.462 e. The van der Waals surface area contributed by atoms with Crippen molar-refractivity contribution in [3.8, 4) is 0 Å². The molecule has 0 radical (unpaired) electrons. The second-order valence-corrected chi connectivity index (χ2v) is 29.9. The van der Waals surface area contributed by atoms with E-state index in [1.807, 2.05) is 0 Å². The molecule has 0 amide bonds. The third kappa shape index (κ3) is 71.4. The topological polar surface area (TPSA) is 237 Å². The number of rotatable bonds is 76. The van der Waals surface area contributed by atoms with Gasteiger partial charge in [0.25, 0.3) is 0 Å². The zero-order valence-electron chi connectivity index (χ0n) is 62.7. The van der Waals surface area contributed by atoms with Gasteiger partial charge in [-0.15, -0.1) is 0 Å². The van der Waals surface area contributed by atoms with Crippen molar-refractivity contribution in [2.24, 2.45) is 0 Å². The van der Waals surface area contributed by atoms with Crippen LogP contribution in [0.5, 0.6) is 0 Å². The van der Waals surface area contributed by atoms with Crippen molar-refractivity contribution in [2.45, 2.75) is 393 Å². The molecule has 0 aliphatic carbocycles. The molecule has 3 N–H and O–H groups in total. The molecule has 0 heterocycles. The third-order valence-corrected chi connectivity index (χ3v) is 19.2. The molecular formula is C79H146O17P2. The van der Waals surface area contributed by atoms with Crippen molar-refractivity contribution < 1.29 is 80.2 Å². The van der Waals surface area contributed by atoms with E-state index in [0.717, 1.165) is 148 Å². The number of hydrogen-bond donors (Lipinski definition) is 3. The Bertz CT molecular complexity index is 2050. The van der Waals surface area contributed by atoms with E-state index in [9.17, 15) is 43.2 Å². The molecule has 0 aromatic heterocycles. The lowest BCUT2D eigenvalue weighted by molar-refractivity contribution is -0.161. The molecule has 5 unspecified atom stereocenters. The van der Waals surface area contributed by atoms with Crippen molar-refractivity contribution in [3.63, 3.8) is 0 Å². The van der Waals surface area contributed by atoms with Crippen LogP contribution >= 0.6 is 15.6 Å². The SMILES string of the molecule is CCCCCC=CCC=CCCCCCCCC(=O)OCC(COP(=O)(O)OCC(O)COP(=O)(O)OCC(COC(=O)CCCCCCCCCC=CCCCCCC)OC(=O)CCCCCCCCCCCCCCC)OC(=O)CCCCCCCC=CCCCCCCCC. The lowest BCUT2D eigenvalue weighted by Gasteiger charge is -2.21. The summed E-state index contributed by atoms with van der Waals surface area (Å²) in [6.45, 7) is 4.88. The lowest BCUT2D eigenvalue weighted by Crippen LogP contribution is -2.30. The van der Waals surface area contributed by atoms with Crippen LogP contribution in [0, 0.1) is 0 Å². The summed E-state index contributed by atoms with van der Waals surface area (Å²) in [5.74, 6) is -2.17. The molecule has 0 saturated carbocycles. The van der Waals surface area contributed by atoms with Crippen LogP contribution in [-0.2, 0) is 65.4 Å². The number of hydrogen-bond acceptors (Lipinski definition) is 15. The number of ether oxygens (including phenoxy) is 4. The molecule has 0 aliphatic heterocycles. The van der Waals surface area contributed by atoms with Crippen molar-refractivity contribution in [1.29, 1.82) is 0 Å². The first-order valence-corrected chi connectivity index (χ1v) is 42.9. The van der Waals surface area contributed by atoms with Crippen LogP contribution in [0.4, 0.5) is 0 Å². The van der Waals surface area contributed by atoms with Gasteiger partial charge in [0, 0.05) is 25.7 Å². The summed E-state index contributed by atoms with van der Waals surface area (Å²) in [6.07, 6.45) is 69.4. The number of phosphoric acid groups is 2. The Morgan fingerprint density at radius 2 is 0.500 bits per heavy atom. The number of phosphoric ester groups is 2. The number of carbonyl (C=O) groups excluding carboxylic acids is 4. The van der Waals surface area contributed by atoms with Gasteiger partial charge in [-0.1, -0.05) is 288 Å². The Labute approximate surface area is 597 Å². The number of allylic oxidation sites excluding steroid dienone is 8. The van der Waals surface area contributed by atoms with Gasteiger partial charge >= 0.3 is 39.5 Å². The Morgan fingerprint density at radius 3 is 0.796 bits per heavy atom. The van der Waals surface area contributed by atoms with E-state index in [0.29, 0.717) is 25.7 Å². The average molecular weight is 1430 g/mol. The van der Waals surface area contributed by atoms with Crippen LogP contribution < -0.4 is 0 Å². The van der Waals surface area contributed by atoms with Gasteiger partial charge in [0.05, 0.1) is 26.4 Å². The fourth-order valence-corrected chi connectivity index (χ4v) is 12.7. The summed E-state index contributed by atoms with van der Waals surface area (Å²) < 4.78 is 68.6. The maximum Gasteiger partial charge on any atom is 0.472 e. The molecule has 0 rings (SSSR count). The van der Waals surface area contributed by atoms with E-state index in [1.165, 1.54) is 148 Å². The van der Waals surface area contributed by atoms with Gasteiger partial charge in [-0.05, 0) is 109 Å². The van der Waals surface area contributed by atoms with Gasteiger partial charge in [-0.2, -0.15) is 0 Å². The van der Waals surface area contributed by atoms with Crippen molar-refractivity contribution in [1.82, 2.24) is 0 Å². The highest BCUT2D eigenvalue weighted by Crippen LogP contribution is 2.45. The Hall–Kier alpha value is -2.98. The Morgan fingerprint density at radius 1 is 0.286 bits per heavy atom. The molecule has 19 heteroatoms. The highest BCUT2D eigenvalue weighted by molar-refractivity contribution is 7.47. The van der Waals surface area contributed by atoms with Crippen LogP contribution in [0.15, 0.2) is 48.6 Å². The third-order valence-electron chi connectivity index (χ3n) is 17.3. The molecular weight excluding hydrogens is 1280 g/mol. The highest BCUT2D eigenvalue weighted by Gasteiger charge is 2.30. The second kappa shape index (κ2) is 72.4. The van der Waals surface area contributed by atoms with Gasteiger partial charge in [0.15, 0.2) is 12.2 Å². The number of aliphatic hydroxyl groups excluding tert-OH is 1. The monoisotopic (exact) mass is 1430 g/mol. The van der Waals surface area contributed by atoms with Crippen LogP contribution in [-0.4, -0.2) is 96.7 Å². The van der Waals surface area contributed by atoms with Crippen LogP contribution in [0.3, 0.4) is 0 Å². The maximum absolute atomic E-state index is 13.1. The molecule has 0 saturated heterocycles. The van der Waals surface area contributed by atoms with Crippen LogP contribution in [0.2, 0.25) is 0 Å². The number of aliphatic hydroxyl groups is 1. The minimum absolute atomic E-state index is 0.0870. The molecule has 574 valence electrons. The molecule has 0 aromatic rings. The number of carbonyl (C=O) groups is 4.